The second kappa shape index (κ2) is 10.9. The lowest BCUT2D eigenvalue weighted by molar-refractivity contribution is -0.119. The van der Waals surface area contributed by atoms with Crippen molar-refractivity contribution in [2.45, 2.75) is 40.5 Å². The summed E-state index contributed by atoms with van der Waals surface area (Å²) in [4.78, 5) is 32.6. The number of amides is 1. The van der Waals surface area contributed by atoms with E-state index >= 15 is 0 Å². The Kier molecular flexibility index (Phi) is 7.61. The molecule has 1 aliphatic carbocycles. The molecule has 2 heterocycles. The van der Waals surface area contributed by atoms with Gasteiger partial charge in [-0.2, -0.15) is 0 Å². The molecule has 0 spiro atoms. The van der Waals surface area contributed by atoms with Crippen LogP contribution in [0.3, 0.4) is 0 Å². The molecule has 0 saturated heterocycles. The van der Waals surface area contributed by atoms with Crippen LogP contribution >= 0.6 is 22.9 Å². The van der Waals surface area contributed by atoms with E-state index in [0.717, 1.165) is 44.6 Å². The second-order valence-electron chi connectivity index (χ2n) is 11.0. The van der Waals surface area contributed by atoms with Gasteiger partial charge in [-0.05, 0) is 83.5 Å². The van der Waals surface area contributed by atoms with Crippen LogP contribution in [-0.2, 0) is 16.0 Å². The molecule has 7 heteroatoms. The van der Waals surface area contributed by atoms with Crippen LogP contribution < -0.4 is 5.32 Å². The average molecular weight is 559 g/mol. The van der Waals surface area contributed by atoms with Crippen LogP contribution in [0.15, 0.2) is 60.0 Å². The summed E-state index contributed by atoms with van der Waals surface area (Å²) in [6.45, 7) is 8.13. The van der Waals surface area contributed by atoms with E-state index in [1.54, 1.807) is 29.5 Å². The molecular formula is C32H31ClN2O3S. The van der Waals surface area contributed by atoms with Crippen LogP contribution in [0.5, 0.6) is 0 Å². The van der Waals surface area contributed by atoms with Gasteiger partial charge in [0.2, 0.25) is 0 Å². The minimum Gasteiger partial charge on any atom is -0.452 e. The molecule has 0 aliphatic heterocycles. The molecule has 1 N–H and O–H groups in total. The van der Waals surface area contributed by atoms with Crippen molar-refractivity contribution < 1.29 is 14.3 Å². The monoisotopic (exact) mass is 558 g/mol. The van der Waals surface area contributed by atoms with Gasteiger partial charge in [0.25, 0.3) is 5.91 Å². The first-order valence-electron chi connectivity index (χ1n) is 13.0. The molecule has 4 aromatic rings. The summed E-state index contributed by atoms with van der Waals surface area (Å²) in [6, 6.07) is 17.0. The maximum Gasteiger partial charge on any atom is 0.339 e. The Morgan fingerprint density at radius 3 is 2.64 bits per heavy atom. The number of hydrogen-bond acceptors (Lipinski definition) is 5. The van der Waals surface area contributed by atoms with Gasteiger partial charge in [0.15, 0.2) is 6.61 Å². The first-order valence-corrected chi connectivity index (χ1v) is 14.3. The van der Waals surface area contributed by atoms with Crippen LogP contribution in [-0.4, -0.2) is 23.5 Å². The van der Waals surface area contributed by atoms with Gasteiger partial charge in [0.1, 0.15) is 0 Å². The summed E-state index contributed by atoms with van der Waals surface area (Å²) >= 11 is 7.86. The number of para-hydroxylation sites is 1. The predicted molar refractivity (Wildman–Crippen MR) is 160 cm³/mol. The summed E-state index contributed by atoms with van der Waals surface area (Å²) in [6.07, 6.45) is 3.77. The average Bonchev–Trinajstić information content (AvgIpc) is 3.41. The third-order valence-electron chi connectivity index (χ3n) is 7.38. The van der Waals surface area contributed by atoms with Gasteiger partial charge in [0.05, 0.1) is 16.8 Å². The fraction of sp³-hybridized carbons (Fsp3) is 0.281. The van der Waals surface area contributed by atoms with E-state index in [9.17, 15) is 9.59 Å². The zero-order chi connectivity index (χ0) is 27.7. The van der Waals surface area contributed by atoms with E-state index in [1.807, 2.05) is 37.3 Å². The number of esters is 1. The molecule has 0 fully saturated rings. The number of allylic oxidation sites excluding steroid dienone is 1. The van der Waals surface area contributed by atoms with Gasteiger partial charge in [-0.3, -0.25) is 4.79 Å². The standard InChI is InChI=1S/C32H31ClN2O3S/c1-19-25(33)11-7-13-26(19)34-28(36)18-38-31(37)29-23-10-5-6-12-27(23)35-30-20(16-22-9-8-14-39-22)15-21(17-24(29)30)32(2,3)4/h5-14,16,21H,15,17-18H2,1-4H3,(H,34,36)/b20-16-/t21-/m0/s1. The molecule has 39 heavy (non-hydrogen) atoms. The highest BCUT2D eigenvalue weighted by atomic mass is 35.5. The Hall–Kier alpha value is -3.48. The molecule has 2 aromatic carbocycles. The number of ether oxygens (including phenoxy) is 1. The minimum absolute atomic E-state index is 0.0216. The molecule has 0 saturated carbocycles. The van der Waals surface area contributed by atoms with Crippen molar-refractivity contribution in [1.82, 2.24) is 4.98 Å². The molecule has 5 rings (SSSR count). The zero-order valence-electron chi connectivity index (χ0n) is 22.5. The van der Waals surface area contributed by atoms with E-state index in [2.05, 4.69) is 43.6 Å². The Labute approximate surface area is 237 Å². The molecule has 5 nitrogen and oxygen atoms in total. The maximum atomic E-state index is 13.7. The van der Waals surface area contributed by atoms with Crippen molar-refractivity contribution in [1.29, 1.82) is 0 Å². The minimum atomic E-state index is -0.521. The fourth-order valence-corrected chi connectivity index (χ4v) is 5.90. The Balaban J connectivity index is 1.52. The van der Waals surface area contributed by atoms with E-state index < -0.39 is 18.5 Å². The number of nitrogens with one attached hydrogen (secondary N) is 1. The number of anilines is 1. The molecule has 200 valence electrons. The highest BCUT2D eigenvalue weighted by molar-refractivity contribution is 7.10. The molecule has 0 unspecified atom stereocenters. The molecule has 0 bridgehead atoms. The quantitative estimate of drug-likeness (QED) is 0.251. The van der Waals surface area contributed by atoms with Crippen molar-refractivity contribution in [2.75, 3.05) is 11.9 Å². The second-order valence-corrected chi connectivity index (χ2v) is 12.4. The number of rotatable bonds is 5. The summed E-state index contributed by atoms with van der Waals surface area (Å²) in [7, 11) is 0. The maximum absolute atomic E-state index is 13.7. The SMILES string of the molecule is Cc1c(Cl)cccc1NC(=O)COC(=O)c1c2c(nc3ccccc13)/C(=C\c1cccs1)C[C@H](C(C)(C)C)C2. The van der Waals surface area contributed by atoms with Crippen LogP contribution in [0.25, 0.3) is 22.6 Å². The summed E-state index contributed by atoms with van der Waals surface area (Å²) in [5.74, 6) is -0.639. The van der Waals surface area contributed by atoms with Gasteiger partial charge < -0.3 is 10.1 Å². The first kappa shape index (κ1) is 27.1. The highest BCUT2D eigenvalue weighted by Crippen LogP contribution is 2.45. The zero-order valence-corrected chi connectivity index (χ0v) is 24.1. The van der Waals surface area contributed by atoms with Crippen LogP contribution in [0, 0.1) is 18.3 Å². The van der Waals surface area contributed by atoms with Crippen molar-refractivity contribution >= 4 is 63.1 Å². The van der Waals surface area contributed by atoms with Gasteiger partial charge in [-0.15, -0.1) is 11.3 Å². The van der Waals surface area contributed by atoms with Crippen molar-refractivity contribution in [3.8, 4) is 0 Å². The molecule has 1 amide bonds. The van der Waals surface area contributed by atoms with Gasteiger partial charge in [-0.25, -0.2) is 9.78 Å². The Morgan fingerprint density at radius 2 is 1.90 bits per heavy atom. The Bertz CT molecular complexity index is 1590. The van der Waals surface area contributed by atoms with Crippen LogP contribution in [0.2, 0.25) is 5.02 Å². The smallest absolute Gasteiger partial charge is 0.339 e. The summed E-state index contributed by atoms with van der Waals surface area (Å²) in [5, 5.41) is 6.14. The number of hydrogen-bond donors (Lipinski definition) is 1. The first-order chi connectivity index (χ1) is 18.6. The third kappa shape index (κ3) is 5.77. The van der Waals surface area contributed by atoms with E-state index in [1.165, 1.54) is 0 Å². The van der Waals surface area contributed by atoms with Crippen molar-refractivity contribution in [3.63, 3.8) is 0 Å². The van der Waals surface area contributed by atoms with Crippen LogP contribution in [0.1, 0.15) is 59.2 Å². The number of halogens is 1. The number of benzene rings is 2. The van der Waals surface area contributed by atoms with Gasteiger partial charge in [0, 0.05) is 21.0 Å². The number of thiophene rings is 1. The number of carbonyl (C=O) groups excluding carboxylic acids is 2. The molecule has 2 aromatic heterocycles. The number of fused-ring (bicyclic) bond motifs is 2. The summed E-state index contributed by atoms with van der Waals surface area (Å²) in [5.41, 5.74) is 5.44. The summed E-state index contributed by atoms with van der Waals surface area (Å²) < 4.78 is 5.64. The van der Waals surface area contributed by atoms with Gasteiger partial charge >= 0.3 is 5.97 Å². The van der Waals surface area contributed by atoms with E-state index in [4.69, 9.17) is 21.3 Å². The topological polar surface area (TPSA) is 68.3 Å². The molecule has 1 atom stereocenters. The normalized spacial score (nSPS) is 16.2. The fourth-order valence-electron chi connectivity index (χ4n) is 5.05. The van der Waals surface area contributed by atoms with Crippen molar-refractivity contribution in [2.24, 2.45) is 11.3 Å². The third-order valence-corrected chi connectivity index (χ3v) is 8.61. The van der Waals surface area contributed by atoms with Gasteiger partial charge in [-0.1, -0.05) is 62.7 Å². The lowest BCUT2D eigenvalue weighted by Crippen LogP contribution is -2.29. The number of aromatic nitrogens is 1. The number of pyridine rings is 1. The Morgan fingerprint density at radius 1 is 1.10 bits per heavy atom. The molecule has 0 radical (unpaired) electrons. The lowest BCUT2D eigenvalue weighted by Gasteiger charge is -2.36. The lowest BCUT2D eigenvalue weighted by atomic mass is 9.69. The van der Waals surface area contributed by atoms with E-state index in [0.29, 0.717) is 28.6 Å². The number of nitrogens with zero attached hydrogens (tertiary/aromatic N) is 1. The highest BCUT2D eigenvalue weighted by Gasteiger charge is 2.35. The van der Waals surface area contributed by atoms with Crippen LogP contribution in [0.4, 0.5) is 5.69 Å². The number of carbonyl (C=O) groups is 2. The largest absolute Gasteiger partial charge is 0.452 e. The predicted octanol–water partition coefficient (Wildman–Crippen LogP) is 8.20. The van der Waals surface area contributed by atoms with Crippen molar-refractivity contribution in [3.05, 3.63) is 92.3 Å². The van der Waals surface area contributed by atoms with E-state index in [-0.39, 0.29) is 5.41 Å². The molecule has 1 aliphatic rings. The molecular weight excluding hydrogens is 528 g/mol.